The Morgan fingerprint density at radius 1 is 1.21 bits per heavy atom. The summed E-state index contributed by atoms with van der Waals surface area (Å²) in [5.74, 6) is 1.52. The van der Waals surface area contributed by atoms with Crippen LogP contribution in [0.5, 0.6) is 11.5 Å². The third-order valence-corrected chi connectivity index (χ3v) is 3.39. The van der Waals surface area contributed by atoms with Crippen molar-refractivity contribution in [2.24, 2.45) is 0 Å². The Balaban J connectivity index is 2.56. The van der Waals surface area contributed by atoms with Gasteiger partial charge in [-0.05, 0) is 31.7 Å². The lowest BCUT2D eigenvalue weighted by Crippen LogP contribution is -2.08. The zero-order chi connectivity index (χ0) is 13.8. The number of methoxy groups -OCH3 is 2. The lowest BCUT2D eigenvalue weighted by molar-refractivity contribution is -0.400. The number of fused-ring (bicyclic) bond motifs is 1. The quantitative estimate of drug-likeness (QED) is 0.619. The number of ether oxygens (including phenoxy) is 2. The molecule has 0 radical (unpaired) electrons. The van der Waals surface area contributed by atoms with Crippen LogP contribution in [0.25, 0.3) is 6.08 Å². The van der Waals surface area contributed by atoms with E-state index >= 15 is 0 Å². The predicted molar refractivity (Wildman–Crippen MR) is 72.2 cm³/mol. The monoisotopic (exact) mass is 263 g/mol. The first kappa shape index (κ1) is 13.4. The molecule has 0 saturated heterocycles. The summed E-state index contributed by atoms with van der Waals surface area (Å²) in [7, 11) is 3.22. The van der Waals surface area contributed by atoms with Crippen LogP contribution >= 0.6 is 0 Å². The molecule has 0 N–H and O–H groups in total. The normalized spacial score (nSPS) is 14.2. The van der Waals surface area contributed by atoms with Gasteiger partial charge < -0.3 is 9.47 Å². The Kier molecular flexibility index (Phi) is 4.04. The van der Waals surface area contributed by atoms with Gasteiger partial charge in [-0.25, -0.2) is 0 Å². The van der Waals surface area contributed by atoms with Crippen molar-refractivity contribution in [2.45, 2.75) is 25.7 Å². The molecule has 0 amide bonds. The average molecular weight is 263 g/mol. The second kappa shape index (κ2) is 5.73. The molecule has 0 heterocycles. The molecule has 102 valence electrons. The molecule has 19 heavy (non-hydrogen) atoms. The molecule has 0 saturated carbocycles. The van der Waals surface area contributed by atoms with Crippen LogP contribution in [-0.2, 0) is 12.8 Å². The zero-order valence-corrected chi connectivity index (χ0v) is 11.1. The first-order valence-electron chi connectivity index (χ1n) is 6.25. The van der Waals surface area contributed by atoms with Crippen molar-refractivity contribution in [3.63, 3.8) is 0 Å². The highest BCUT2D eigenvalue weighted by Crippen LogP contribution is 2.39. The van der Waals surface area contributed by atoms with E-state index in [1.807, 2.05) is 6.07 Å². The highest BCUT2D eigenvalue weighted by Gasteiger charge is 2.21. The van der Waals surface area contributed by atoms with Crippen molar-refractivity contribution in [1.29, 1.82) is 0 Å². The Labute approximate surface area is 112 Å². The van der Waals surface area contributed by atoms with Gasteiger partial charge in [0.1, 0.15) is 11.5 Å². The van der Waals surface area contributed by atoms with Gasteiger partial charge in [-0.15, -0.1) is 0 Å². The third kappa shape index (κ3) is 2.70. The number of nitrogens with zero attached hydrogens (tertiary/aromatic N) is 1. The number of hydrogen-bond donors (Lipinski definition) is 0. The van der Waals surface area contributed by atoms with Crippen LogP contribution < -0.4 is 9.47 Å². The molecule has 1 aliphatic carbocycles. The summed E-state index contributed by atoms with van der Waals surface area (Å²) in [4.78, 5) is 9.98. The van der Waals surface area contributed by atoms with Crippen LogP contribution in [-0.4, -0.2) is 19.1 Å². The van der Waals surface area contributed by atoms with Gasteiger partial charge in [-0.2, -0.15) is 0 Å². The first-order valence-corrected chi connectivity index (χ1v) is 6.25. The SMILES string of the molecule is COc1cc(/C=C/[N+](=O)[O-])c(OC)c2c1CCCC2. The molecular formula is C14H17NO4. The molecule has 2 rings (SSSR count). The Hall–Kier alpha value is -2.04. The molecule has 1 aromatic carbocycles. The van der Waals surface area contributed by atoms with E-state index in [0.717, 1.165) is 48.9 Å². The van der Waals surface area contributed by atoms with Crippen molar-refractivity contribution in [2.75, 3.05) is 14.2 Å². The Morgan fingerprint density at radius 2 is 1.89 bits per heavy atom. The lowest BCUT2D eigenvalue weighted by atomic mass is 9.88. The van der Waals surface area contributed by atoms with Crippen molar-refractivity contribution in [3.8, 4) is 11.5 Å². The van der Waals surface area contributed by atoms with E-state index < -0.39 is 4.92 Å². The van der Waals surface area contributed by atoms with E-state index in [1.165, 1.54) is 11.6 Å². The maximum atomic E-state index is 10.5. The lowest BCUT2D eigenvalue weighted by Gasteiger charge is -2.22. The van der Waals surface area contributed by atoms with Gasteiger partial charge in [0.2, 0.25) is 6.20 Å². The number of hydrogen-bond acceptors (Lipinski definition) is 4. The minimum atomic E-state index is -0.481. The van der Waals surface area contributed by atoms with Crippen LogP contribution in [0.3, 0.4) is 0 Å². The largest absolute Gasteiger partial charge is 0.496 e. The third-order valence-electron chi connectivity index (χ3n) is 3.39. The molecule has 5 nitrogen and oxygen atoms in total. The predicted octanol–water partition coefficient (Wildman–Crippen LogP) is 2.83. The van der Waals surface area contributed by atoms with Crippen LogP contribution in [0.2, 0.25) is 0 Å². The van der Waals surface area contributed by atoms with E-state index in [0.29, 0.717) is 5.56 Å². The maximum absolute atomic E-state index is 10.5. The first-order chi connectivity index (χ1) is 9.17. The van der Waals surface area contributed by atoms with Gasteiger partial charge in [0.25, 0.3) is 0 Å². The van der Waals surface area contributed by atoms with E-state index in [9.17, 15) is 10.1 Å². The van der Waals surface area contributed by atoms with Gasteiger partial charge >= 0.3 is 0 Å². The molecule has 0 unspecified atom stereocenters. The van der Waals surface area contributed by atoms with E-state index in [-0.39, 0.29) is 0 Å². The summed E-state index contributed by atoms with van der Waals surface area (Å²) in [5.41, 5.74) is 2.98. The van der Waals surface area contributed by atoms with Crippen molar-refractivity contribution >= 4 is 6.08 Å². The fraction of sp³-hybridized carbons (Fsp3) is 0.429. The van der Waals surface area contributed by atoms with Gasteiger partial charge in [-0.1, -0.05) is 0 Å². The van der Waals surface area contributed by atoms with Gasteiger partial charge in [0.05, 0.1) is 19.1 Å². The minimum absolute atomic E-state index is 0.481. The highest BCUT2D eigenvalue weighted by atomic mass is 16.6. The number of benzene rings is 1. The molecule has 0 bridgehead atoms. The summed E-state index contributed by atoms with van der Waals surface area (Å²) in [6.45, 7) is 0. The van der Waals surface area contributed by atoms with Crippen molar-refractivity contribution < 1.29 is 14.4 Å². The summed E-state index contributed by atoms with van der Waals surface area (Å²) < 4.78 is 10.8. The van der Waals surface area contributed by atoms with Crippen LogP contribution in [0.4, 0.5) is 0 Å². The molecule has 0 aliphatic heterocycles. The summed E-state index contributed by atoms with van der Waals surface area (Å²) >= 11 is 0. The van der Waals surface area contributed by atoms with Crippen LogP contribution in [0.1, 0.15) is 29.5 Å². The molecule has 1 aromatic rings. The molecule has 0 aromatic heterocycles. The Bertz CT molecular complexity index is 523. The summed E-state index contributed by atoms with van der Waals surface area (Å²) in [6.07, 6.45) is 6.51. The molecule has 0 spiro atoms. The van der Waals surface area contributed by atoms with E-state index in [4.69, 9.17) is 9.47 Å². The molecule has 0 fully saturated rings. The van der Waals surface area contributed by atoms with E-state index in [2.05, 4.69) is 0 Å². The zero-order valence-electron chi connectivity index (χ0n) is 11.1. The minimum Gasteiger partial charge on any atom is -0.496 e. The van der Waals surface area contributed by atoms with Crippen LogP contribution in [0, 0.1) is 10.1 Å². The molecular weight excluding hydrogens is 246 g/mol. The molecule has 5 heteroatoms. The fourth-order valence-electron chi connectivity index (χ4n) is 2.58. The van der Waals surface area contributed by atoms with Gasteiger partial charge in [-0.3, -0.25) is 10.1 Å². The van der Waals surface area contributed by atoms with Crippen LogP contribution in [0.15, 0.2) is 12.3 Å². The van der Waals surface area contributed by atoms with Gasteiger partial charge in [0.15, 0.2) is 0 Å². The summed E-state index contributed by atoms with van der Waals surface area (Å²) in [6, 6.07) is 1.81. The van der Waals surface area contributed by atoms with Gasteiger partial charge in [0, 0.05) is 22.8 Å². The van der Waals surface area contributed by atoms with E-state index in [1.54, 1.807) is 14.2 Å². The molecule has 0 atom stereocenters. The smallest absolute Gasteiger partial charge is 0.235 e. The van der Waals surface area contributed by atoms with Crippen molar-refractivity contribution in [3.05, 3.63) is 39.1 Å². The number of rotatable bonds is 4. The second-order valence-electron chi connectivity index (χ2n) is 4.47. The van der Waals surface area contributed by atoms with Crippen molar-refractivity contribution in [1.82, 2.24) is 0 Å². The fourth-order valence-corrected chi connectivity index (χ4v) is 2.58. The molecule has 1 aliphatic rings. The topological polar surface area (TPSA) is 61.6 Å². The second-order valence-corrected chi connectivity index (χ2v) is 4.47. The maximum Gasteiger partial charge on any atom is 0.235 e. The Morgan fingerprint density at radius 3 is 2.47 bits per heavy atom. The standard InChI is InChI=1S/C14H17NO4/c1-18-13-9-10(7-8-15(16)17)14(19-2)12-6-4-3-5-11(12)13/h7-9H,3-6H2,1-2H3/b8-7+. The highest BCUT2D eigenvalue weighted by molar-refractivity contribution is 5.65. The summed E-state index contributed by atoms with van der Waals surface area (Å²) in [5, 5.41) is 10.5. The number of nitro groups is 1. The average Bonchev–Trinajstić information content (AvgIpc) is 2.43.